The summed E-state index contributed by atoms with van der Waals surface area (Å²) in [5, 5.41) is 3.99. The first-order chi connectivity index (χ1) is 12.3. The van der Waals surface area contributed by atoms with Crippen molar-refractivity contribution in [2.45, 2.75) is 44.4 Å². The molecule has 2 aromatic rings. The average Bonchev–Trinajstić information content (AvgIpc) is 3.19. The van der Waals surface area contributed by atoms with E-state index in [4.69, 9.17) is 4.52 Å². The van der Waals surface area contributed by atoms with Crippen LogP contribution in [0.3, 0.4) is 0 Å². The number of amides is 1. The zero-order valence-corrected chi connectivity index (χ0v) is 14.5. The molecule has 4 nitrogen and oxygen atoms in total. The average molecular weight is 336 g/mol. The molecule has 1 aromatic heterocycles. The number of benzene rings is 1. The molecule has 0 spiro atoms. The summed E-state index contributed by atoms with van der Waals surface area (Å²) < 4.78 is 5.43. The third-order valence-corrected chi connectivity index (χ3v) is 5.35. The zero-order valence-electron chi connectivity index (χ0n) is 14.5. The summed E-state index contributed by atoms with van der Waals surface area (Å²) in [6.07, 6.45) is 11.7. The second-order valence-corrected chi connectivity index (χ2v) is 7.04. The van der Waals surface area contributed by atoms with Gasteiger partial charge in [0.2, 0.25) is 0 Å². The van der Waals surface area contributed by atoms with Crippen LogP contribution in [0, 0.1) is 0 Å². The van der Waals surface area contributed by atoms with Gasteiger partial charge in [0, 0.05) is 24.7 Å². The minimum absolute atomic E-state index is 0.0572. The van der Waals surface area contributed by atoms with Gasteiger partial charge in [-0.25, -0.2) is 0 Å². The van der Waals surface area contributed by atoms with Crippen molar-refractivity contribution in [1.82, 2.24) is 10.1 Å². The number of carbonyl (C=O) groups is 1. The first kappa shape index (κ1) is 16.1. The first-order valence-corrected chi connectivity index (χ1v) is 9.32. The molecular formula is C21H24N2O2. The molecule has 1 aliphatic carbocycles. The number of nitrogens with zero attached hydrogens (tertiary/aromatic N) is 2. The number of aromatic nitrogens is 1. The van der Waals surface area contributed by atoms with E-state index >= 15 is 0 Å². The van der Waals surface area contributed by atoms with E-state index in [1.807, 2.05) is 6.08 Å². The lowest BCUT2D eigenvalue weighted by atomic mass is 9.84. The highest BCUT2D eigenvalue weighted by atomic mass is 16.5. The Balaban J connectivity index is 1.47. The van der Waals surface area contributed by atoms with Gasteiger partial charge in [-0.1, -0.05) is 60.8 Å². The maximum Gasteiger partial charge on any atom is 0.276 e. The summed E-state index contributed by atoms with van der Waals surface area (Å²) in [6, 6.07) is 10.3. The van der Waals surface area contributed by atoms with Crippen molar-refractivity contribution in [3.8, 4) is 11.3 Å². The molecule has 25 heavy (non-hydrogen) atoms. The summed E-state index contributed by atoms with van der Waals surface area (Å²) in [5.41, 5.74) is 2.78. The van der Waals surface area contributed by atoms with E-state index in [2.05, 4.69) is 35.5 Å². The normalized spacial score (nSPS) is 18.5. The maximum absolute atomic E-state index is 12.5. The quantitative estimate of drug-likeness (QED) is 0.757. The maximum atomic E-state index is 12.5. The van der Waals surface area contributed by atoms with Crippen molar-refractivity contribution in [2.24, 2.45) is 0 Å². The minimum Gasteiger partial charge on any atom is -0.355 e. The summed E-state index contributed by atoms with van der Waals surface area (Å²) in [7, 11) is 0. The molecule has 130 valence electrons. The Bertz CT molecular complexity index is 754. The van der Waals surface area contributed by atoms with Crippen LogP contribution in [0.1, 0.15) is 60.5 Å². The molecular weight excluding hydrogens is 312 g/mol. The Hall–Kier alpha value is -2.36. The molecule has 4 heteroatoms. The van der Waals surface area contributed by atoms with E-state index in [9.17, 15) is 4.79 Å². The molecule has 4 rings (SSSR count). The Morgan fingerprint density at radius 1 is 1.08 bits per heavy atom. The van der Waals surface area contributed by atoms with Gasteiger partial charge in [0.05, 0.1) is 0 Å². The highest BCUT2D eigenvalue weighted by Crippen LogP contribution is 2.33. The van der Waals surface area contributed by atoms with E-state index in [0.717, 1.165) is 18.5 Å². The zero-order chi connectivity index (χ0) is 17.1. The molecule has 1 aliphatic heterocycles. The molecule has 2 aliphatic rings. The summed E-state index contributed by atoms with van der Waals surface area (Å²) in [6.45, 7) is 1.39. The highest BCUT2D eigenvalue weighted by molar-refractivity contribution is 5.93. The van der Waals surface area contributed by atoms with Gasteiger partial charge in [0.15, 0.2) is 11.5 Å². The van der Waals surface area contributed by atoms with E-state index in [1.165, 1.54) is 37.7 Å². The van der Waals surface area contributed by atoms with E-state index in [1.54, 1.807) is 11.0 Å². The van der Waals surface area contributed by atoms with Gasteiger partial charge < -0.3 is 9.42 Å². The number of hydrogen-bond donors (Lipinski definition) is 0. The Labute approximate surface area is 148 Å². The molecule has 0 saturated heterocycles. The smallest absolute Gasteiger partial charge is 0.276 e. The van der Waals surface area contributed by atoms with Gasteiger partial charge in [0.25, 0.3) is 5.91 Å². The molecule has 1 fully saturated rings. The third-order valence-electron chi connectivity index (χ3n) is 5.35. The highest BCUT2D eigenvalue weighted by Gasteiger charge is 2.21. The predicted octanol–water partition coefficient (Wildman–Crippen LogP) is 4.79. The number of hydrogen-bond acceptors (Lipinski definition) is 3. The van der Waals surface area contributed by atoms with Crippen LogP contribution < -0.4 is 0 Å². The molecule has 1 saturated carbocycles. The van der Waals surface area contributed by atoms with Gasteiger partial charge in [-0.05, 0) is 30.7 Å². The molecule has 2 heterocycles. The van der Waals surface area contributed by atoms with Crippen molar-refractivity contribution in [3.05, 3.63) is 53.7 Å². The van der Waals surface area contributed by atoms with E-state index in [0.29, 0.717) is 23.9 Å². The largest absolute Gasteiger partial charge is 0.355 e. The molecule has 0 bridgehead atoms. The van der Waals surface area contributed by atoms with E-state index < -0.39 is 0 Å². The van der Waals surface area contributed by atoms with Gasteiger partial charge in [0.1, 0.15) is 0 Å². The molecule has 0 atom stereocenters. The van der Waals surface area contributed by atoms with Crippen LogP contribution in [0.15, 0.2) is 47.0 Å². The van der Waals surface area contributed by atoms with E-state index in [-0.39, 0.29) is 5.91 Å². The first-order valence-electron chi connectivity index (χ1n) is 9.32. The third kappa shape index (κ3) is 3.53. The lowest BCUT2D eigenvalue weighted by molar-refractivity contribution is 0.0760. The molecule has 0 N–H and O–H groups in total. The molecule has 0 radical (unpaired) electrons. The summed E-state index contributed by atoms with van der Waals surface area (Å²) >= 11 is 0. The van der Waals surface area contributed by atoms with Crippen LogP contribution in [-0.4, -0.2) is 29.1 Å². The van der Waals surface area contributed by atoms with Crippen LogP contribution in [0.2, 0.25) is 0 Å². The SMILES string of the molecule is O=C(c1cc(-c2ccc(C3CCCCC3)cc2)on1)N1CC=CCC1. The topological polar surface area (TPSA) is 46.3 Å². The summed E-state index contributed by atoms with van der Waals surface area (Å²) in [5.74, 6) is 1.30. The fraction of sp³-hybridized carbons (Fsp3) is 0.429. The summed E-state index contributed by atoms with van der Waals surface area (Å²) in [4.78, 5) is 14.3. The van der Waals surface area contributed by atoms with Gasteiger partial charge >= 0.3 is 0 Å². The van der Waals surface area contributed by atoms with Crippen LogP contribution in [0.5, 0.6) is 0 Å². The van der Waals surface area contributed by atoms with Gasteiger partial charge in [-0.3, -0.25) is 4.79 Å². The lowest BCUT2D eigenvalue weighted by Crippen LogP contribution is -2.33. The van der Waals surface area contributed by atoms with Crippen molar-refractivity contribution < 1.29 is 9.32 Å². The van der Waals surface area contributed by atoms with Gasteiger partial charge in [-0.2, -0.15) is 0 Å². The lowest BCUT2D eigenvalue weighted by Gasteiger charge is -2.22. The van der Waals surface area contributed by atoms with Crippen LogP contribution in [0.25, 0.3) is 11.3 Å². The van der Waals surface area contributed by atoms with Gasteiger partial charge in [-0.15, -0.1) is 0 Å². The molecule has 1 aromatic carbocycles. The fourth-order valence-electron chi connectivity index (χ4n) is 3.86. The Morgan fingerprint density at radius 2 is 1.88 bits per heavy atom. The second-order valence-electron chi connectivity index (χ2n) is 7.04. The van der Waals surface area contributed by atoms with Crippen molar-refractivity contribution in [1.29, 1.82) is 0 Å². The fourth-order valence-corrected chi connectivity index (χ4v) is 3.86. The second kappa shape index (κ2) is 7.26. The van der Waals surface area contributed by atoms with Crippen LogP contribution >= 0.6 is 0 Å². The number of carbonyl (C=O) groups excluding carboxylic acids is 1. The van der Waals surface area contributed by atoms with Crippen molar-refractivity contribution in [2.75, 3.05) is 13.1 Å². The van der Waals surface area contributed by atoms with Crippen molar-refractivity contribution >= 4 is 5.91 Å². The monoisotopic (exact) mass is 336 g/mol. The van der Waals surface area contributed by atoms with Crippen LogP contribution in [-0.2, 0) is 0 Å². The van der Waals surface area contributed by atoms with Crippen LogP contribution in [0.4, 0.5) is 0 Å². The molecule has 1 amide bonds. The van der Waals surface area contributed by atoms with Crippen molar-refractivity contribution in [3.63, 3.8) is 0 Å². The number of rotatable bonds is 3. The molecule has 0 unspecified atom stereocenters. The minimum atomic E-state index is -0.0572. The standard InChI is InChI=1S/C21H24N2O2/c24-21(23-13-5-2-6-14-23)19-15-20(25-22-19)18-11-9-17(10-12-18)16-7-3-1-4-8-16/h2,5,9-12,15-16H,1,3-4,6-8,13-14H2. The Morgan fingerprint density at radius 3 is 2.60 bits per heavy atom. The Kier molecular flexibility index (Phi) is 4.68. The predicted molar refractivity (Wildman–Crippen MR) is 97.4 cm³/mol.